The second-order valence-electron chi connectivity index (χ2n) is 15.6. The van der Waals surface area contributed by atoms with E-state index in [0.717, 1.165) is 40.2 Å². The highest BCUT2D eigenvalue weighted by atomic mass is 32.1. The van der Waals surface area contributed by atoms with Gasteiger partial charge in [-0.25, -0.2) is 15.0 Å². The smallest absolute Gasteiger partial charge is 0.165 e. The quantitative estimate of drug-likeness (QED) is 0.187. The number of rotatable bonds is 3. The summed E-state index contributed by atoms with van der Waals surface area (Å²) < 4.78 is 2.50. The van der Waals surface area contributed by atoms with Crippen LogP contribution in [0.1, 0.15) is 43.2 Å². The summed E-state index contributed by atoms with van der Waals surface area (Å²) in [7, 11) is 0. The van der Waals surface area contributed by atoms with Crippen LogP contribution in [0.15, 0.2) is 127 Å². The Labute approximate surface area is 301 Å². The van der Waals surface area contributed by atoms with Crippen molar-refractivity contribution in [3.8, 4) is 45.3 Å². The molecule has 0 unspecified atom stereocenters. The van der Waals surface area contributed by atoms with Crippen LogP contribution in [0.3, 0.4) is 0 Å². The maximum Gasteiger partial charge on any atom is 0.165 e. The first-order chi connectivity index (χ1) is 25.2. The molecule has 0 amide bonds. The molecule has 0 aliphatic heterocycles. The summed E-state index contributed by atoms with van der Waals surface area (Å²) in [6.45, 7) is 0. The fourth-order valence-electron chi connectivity index (χ4n) is 11.4. The largest absolute Gasteiger partial charge is 0.208 e. The highest BCUT2D eigenvalue weighted by molar-refractivity contribution is 7.26. The molecule has 2 heterocycles. The van der Waals surface area contributed by atoms with Gasteiger partial charge in [-0.05, 0) is 107 Å². The van der Waals surface area contributed by atoms with Gasteiger partial charge in [0.15, 0.2) is 17.5 Å². The molecule has 4 bridgehead atoms. The number of benzene rings is 6. The third kappa shape index (κ3) is 3.92. The molecule has 244 valence electrons. The van der Waals surface area contributed by atoms with Gasteiger partial charge in [0, 0.05) is 42.3 Å². The Morgan fingerprint density at radius 2 is 1.16 bits per heavy atom. The summed E-state index contributed by atoms with van der Waals surface area (Å²) >= 11 is 1.82. The second-order valence-corrected chi connectivity index (χ2v) is 16.6. The van der Waals surface area contributed by atoms with Crippen molar-refractivity contribution in [1.29, 1.82) is 0 Å². The molecule has 51 heavy (non-hydrogen) atoms. The number of thiophene rings is 1. The Hall–Kier alpha value is -5.19. The molecule has 5 aliphatic rings. The zero-order valence-corrected chi connectivity index (χ0v) is 29.0. The lowest BCUT2D eigenvalue weighted by molar-refractivity contribution is -0.0393. The van der Waals surface area contributed by atoms with Crippen molar-refractivity contribution >= 4 is 42.3 Å². The van der Waals surface area contributed by atoms with Gasteiger partial charge < -0.3 is 0 Å². The van der Waals surface area contributed by atoms with Gasteiger partial charge >= 0.3 is 0 Å². The molecule has 0 saturated heterocycles. The summed E-state index contributed by atoms with van der Waals surface area (Å²) in [6.07, 6.45) is 6.86. The van der Waals surface area contributed by atoms with Crippen LogP contribution in [-0.4, -0.2) is 15.0 Å². The molecule has 1 spiro atoms. The minimum absolute atomic E-state index is 0.0375. The number of fused-ring (bicyclic) bond motifs is 8. The normalized spacial score (nSPS) is 24.2. The SMILES string of the molecule is c1ccc(-c2nc(-c3ccc4c(c3)C3(c5c-4ccc4ccccc54)C4CC5CC(C4)CC3C5)nc(-c3cccc4c3sc3ccccc34)n2)cc1. The highest BCUT2D eigenvalue weighted by Gasteiger charge is 2.62. The van der Waals surface area contributed by atoms with Gasteiger partial charge in [0.25, 0.3) is 0 Å². The van der Waals surface area contributed by atoms with E-state index in [9.17, 15) is 0 Å². The predicted octanol–water partition coefficient (Wildman–Crippen LogP) is 12.1. The lowest BCUT2D eigenvalue weighted by Gasteiger charge is -2.61. The zero-order chi connectivity index (χ0) is 33.3. The molecule has 5 aliphatic carbocycles. The van der Waals surface area contributed by atoms with Crippen molar-refractivity contribution in [3.05, 3.63) is 139 Å². The Morgan fingerprint density at radius 1 is 0.490 bits per heavy atom. The number of hydrogen-bond donors (Lipinski definition) is 0. The Bertz CT molecular complexity index is 2700. The molecular formula is C47H35N3S. The summed E-state index contributed by atoms with van der Waals surface area (Å²) in [6, 6.07) is 46.7. The molecular weight excluding hydrogens is 639 g/mol. The second kappa shape index (κ2) is 10.4. The maximum absolute atomic E-state index is 5.35. The van der Waals surface area contributed by atoms with E-state index < -0.39 is 0 Å². The molecule has 0 N–H and O–H groups in total. The fourth-order valence-corrected chi connectivity index (χ4v) is 12.6. The molecule has 8 aromatic rings. The van der Waals surface area contributed by atoms with Gasteiger partial charge in [-0.15, -0.1) is 11.3 Å². The molecule has 0 atom stereocenters. The summed E-state index contributed by atoms with van der Waals surface area (Å²) in [4.78, 5) is 15.8. The Morgan fingerprint density at radius 3 is 1.98 bits per heavy atom. The Balaban J connectivity index is 1.10. The van der Waals surface area contributed by atoms with Gasteiger partial charge in [-0.1, -0.05) is 109 Å². The molecule has 6 aromatic carbocycles. The zero-order valence-electron chi connectivity index (χ0n) is 28.2. The fraction of sp³-hybridized carbons (Fsp3) is 0.213. The Kier molecular flexibility index (Phi) is 5.83. The third-order valence-corrected chi connectivity index (χ3v) is 14.3. The van der Waals surface area contributed by atoms with Crippen molar-refractivity contribution < 1.29 is 0 Å². The van der Waals surface area contributed by atoms with Crippen LogP contribution in [0.4, 0.5) is 0 Å². The number of hydrogen-bond acceptors (Lipinski definition) is 4. The van der Waals surface area contributed by atoms with Gasteiger partial charge in [-0.2, -0.15) is 0 Å². The molecule has 13 rings (SSSR count). The number of aromatic nitrogens is 3. The molecule has 2 aromatic heterocycles. The van der Waals surface area contributed by atoms with Crippen LogP contribution in [0, 0.1) is 23.7 Å². The average Bonchev–Trinajstić information content (AvgIpc) is 3.71. The van der Waals surface area contributed by atoms with Crippen LogP contribution >= 0.6 is 11.3 Å². The van der Waals surface area contributed by atoms with Crippen LogP contribution in [0.25, 0.3) is 76.2 Å². The monoisotopic (exact) mass is 673 g/mol. The van der Waals surface area contributed by atoms with E-state index in [4.69, 9.17) is 15.0 Å². The first-order valence-corrected chi connectivity index (χ1v) is 19.4. The van der Waals surface area contributed by atoms with Crippen LogP contribution < -0.4 is 0 Å². The third-order valence-electron chi connectivity index (χ3n) is 13.1. The summed E-state index contributed by atoms with van der Waals surface area (Å²) in [5.74, 6) is 5.32. The maximum atomic E-state index is 5.35. The van der Waals surface area contributed by atoms with Crippen molar-refractivity contribution in [1.82, 2.24) is 15.0 Å². The highest BCUT2D eigenvalue weighted by Crippen LogP contribution is 2.70. The van der Waals surface area contributed by atoms with E-state index in [1.165, 1.54) is 79.7 Å². The number of nitrogens with zero attached hydrogens (tertiary/aromatic N) is 3. The molecule has 4 saturated carbocycles. The van der Waals surface area contributed by atoms with E-state index in [-0.39, 0.29) is 5.41 Å². The van der Waals surface area contributed by atoms with Gasteiger partial charge in [-0.3, -0.25) is 0 Å². The first-order valence-electron chi connectivity index (χ1n) is 18.6. The standard InChI is InChI=1S/C47H35N3S/c1-2-10-30(11-3-1)44-48-45(50-46(49-44)39-15-8-14-38-36-13-6-7-16-41(36)51-43(38)39)31-18-19-35-37-20-17-29-9-4-5-12-34(29)42(37)47(40(35)26-31)32-22-27-21-28(24-32)25-33(47)23-27/h1-20,26-28,32-33H,21-25H2. The van der Waals surface area contributed by atoms with Crippen LogP contribution in [-0.2, 0) is 5.41 Å². The summed E-state index contributed by atoms with van der Waals surface area (Å²) in [5, 5.41) is 5.35. The minimum atomic E-state index is 0.0375. The van der Waals surface area contributed by atoms with E-state index in [1.54, 1.807) is 5.56 Å². The summed E-state index contributed by atoms with van der Waals surface area (Å²) in [5.41, 5.74) is 9.18. The van der Waals surface area contributed by atoms with Gasteiger partial charge in [0.1, 0.15) is 0 Å². The van der Waals surface area contributed by atoms with Crippen LogP contribution in [0.5, 0.6) is 0 Å². The van der Waals surface area contributed by atoms with Crippen molar-refractivity contribution in [2.45, 2.75) is 37.5 Å². The van der Waals surface area contributed by atoms with Crippen molar-refractivity contribution in [3.63, 3.8) is 0 Å². The average molecular weight is 674 g/mol. The molecule has 0 radical (unpaired) electrons. The van der Waals surface area contributed by atoms with Gasteiger partial charge in [0.2, 0.25) is 0 Å². The molecule has 3 nitrogen and oxygen atoms in total. The van der Waals surface area contributed by atoms with E-state index in [0.29, 0.717) is 17.7 Å². The van der Waals surface area contributed by atoms with E-state index in [1.807, 2.05) is 11.3 Å². The van der Waals surface area contributed by atoms with Crippen LogP contribution in [0.2, 0.25) is 0 Å². The topological polar surface area (TPSA) is 38.7 Å². The molecule has 4 heteroatoms. The lowest BCUT2D eigenvalue weighted by Crippen LogP contribution is -2.55. The lowest BCUT2D eigenvalue weighted by atomic mass is 9.43. The van der Waals surface area contributed by atoms with E-state index in [2.05, 4.69) is 127 Å². The predicted molar refractivity (Wildman–Crippen MR) is 210 cm³/mol. The minimum Gasteiger partial charge on any atom is -0.208 e. The van der Waals surface area contributed by atoms with Crippen molar-refractivity contribution in [2.75, 3.05) is 0 Å². The van der Waals surface area contributed by atoms with Crippen molar-refractivity contribution in [2.24, 2.45) is 23.7 Å². The first kappa shape index (κ1) is 28.5. The molecule has 4 fully saturated rings. The van der Waals surface area contributed by atoms with E-state index >= 15 is 0 Å². The van der Waals surface area contributed by atoms with Gasteiger partial charge in [0.05, 0.1) is 0 Å².